The molecule has 0 spiro atoms. The molecule has 0 aliphatic carbocycles. The molecule has 0 fully saturated rings. The Morgan fingerprint density at radius 1 is 0.231 bits per heavy atom. The van der Waals surface area contributed by atoms with E-state index in [0.29, 0.717) is 0 Å². The number of H-pyrrole nitrogens is 3. The van der Waals surface area contributed by atoms with Crippen LogP contribution in [0.3, 0.4) is 0 Å². The topological polar surface area (TPSA) is 47.4 Å². The molecule has 3 heteroatoms. The molecule has 3 nitrogen and oxygen atoms in total. The van der Waals surface area contributed by atoms with Gasteiger partial charge in [-0.1, -0.05) is 72.8 Å². The van der Waals surface area contributed by atoms with Crippen molar-refractivity contribution in [2.45, 2.75) is 0 Å². The first-order valence-corrected chi connectivity index (χ1v) is 13.4. The van der Waals surface area contributed by atoms with Crippen molar-refractivity contribution >= 4 is 97.0 Å². The van der Waals surface area contributed by atoms with Gasteiger partial charge in [-0.15, -0.1) is 0 Å². The van der Waals surface area contributed by atoms with Gasteiger partial charge in [0.05, 0.1) is 0 Å². The van der Waals surface area contributed by atoms with Crippen LogP contribution >= 0.6 is 0 Å². The maximum Gasteiger partial charge on any atom is 0.00911 e. The number of benzene rings is 7. The third-order valence-electron chi connectivity index (χ3n) is 9.00. The van der Waals surface area contributed by atoms with E-state index in [1.54, 1.807) is 0 Å². The van der Waals surface area contributed by atoms with Crippen LogP contribution in [0.5, 0.6) is 0 Å². The van der Waals surface area contributed by atoms with Crippen LogP contribution in [0.25, 0.3) is 97.0 Å². The van der Waals surface area contributed by atoms with E-state index in [1.807, 2.05) is 0 Å². The smallest absolute Gasteiger partial charge is 0.00911 e. The highest BCUT2D eigenvalue weighted by molar-refractivity contribution is 6.51. The Bertz CT molecular complexity index is 2340. The highest BCUT2D eigenvalue weighted by Gasteiger charge is 2.23. The molecule has 180 valence electrons. The second-order valence-corrected chi connectivity index (χ2v) is 10.7. The minimum Gasteiger partial charge on any atom is -0.366 e. The Labute approximate surface area is 221 Å². The van der Waals surface area contributed by atoms with Gasteiger partial charge in [0.25, 0.3) is 0 Å². The predicted octanol–water partition coefficient (Wildman–Crippen LogP) is 10.0. The molecule has 3 aromatic heterocycles. The van der Waals surface area contributed by atoms with Crippen LogP contribution in [0.2, 0.25) is 0 Å². The standard InChI is InChI=1S/C36H21N3/c1-4-10-22-19(7-1)25-13-37-16-28(25)34-31(22)35-29-17-38-14-26(29)21-9-3-6-12-24(21)33(35)36-30-18-39-15-27(30)20-8-2-5-11-23(20)32(34)36/h1-18,37-39H. The summed E-state index contributed by atoms with van der Waals surface area (Å²) in [5.74, 6) is 0. The third kappa shape index (κ3) is 2.23. The molecule has 0 atom stereocenters. The average molecular weight is 496 g/mol. The fourth-order valence-electron chi connectivity index (χ4n) is 7.55. The van der Waals surface area contributed by atoms with Gasteiger partial charge < -0.3 is 15.0 Å². The number of fused-ring (bicyclic) bond motifs is 21. The van der Waals surface area contributed by atoms with Crippen LogP contribution < -0.4 is 0 Å². The summed E-state index contributed by atoms with van der Waals surface area (Å²) in [5, 5.41) is 23.3. The Morgan fingerprint density at radius 2 is 0.462 bits per heavy atom. The van der Waals surface area contributed by atoms with E-state index in [0.717, 1.165) is 0 Å². The van der Waals surface area contributed by atoms with Crippen LogP contribution in [0.4, 0.5) is 0 Å². The molecule has 0 amide bonds. The van der Waals surface area contributed by atoms with Gasteiger partial charge in [0.2, 0.25) is 0 Å². The predicted molar refractivity (Wildman–Crippen MR) is 167 cm³/mol. The summed E-state index contributed by atoms with van der Waals surface area (Å²) in [6.45, 7) is 0. The van der Waals surface area contributed by atoms with E-state index in [-0.39, 0.29) is 0 Å². The van der Waals surface area contributed by atoms with Crippen molar-refractivity contribution in [1.82, 2.24) is 15.0 Å². The molecule has 0 bridgehead atoms. The van der Waals surface area contributed by atoms with E-state index in [2.05, 4.69) is 125 Å². The number of rotatable bonds is 0. The van der Waals surface area contributed by atoms with E-state index in [1.165, 1.54) is 97.0 Å². The summed E-state index contributed by atoms with van der Waals surface area (Å²) >= 11 is 0. The molecule has 3 N–H and O–H groups in total. The van der Waals surface area contributed by atoms with Crippen molar-refractivity contribution in [1.29, 1.82) is 0 Å². The van der Waals surface area contributed by atoms with Gasteiger partial charge in [-0.2, -0.15) is 0 Å². The lowest BCUT2D eigenvalue weighted by atomic mass is 9.82. The molecular formula is C36H21N3. The van der Waals surface area contributed by atoms with Gasteiger partial charge in [-0.25, -0.2) is 0 Å². The highest BCUT2D eigenvalue weighted by atomic mass is 14.6. The van der Waals surface area contributed by atoms with Crippen molar-refractivity contribution in [3.63, 3.8) is 0 Å². The van der Waals surface area contributed by atoms with Crippen LogP contribution in [0.1, 0.15) is 0 Å². The van der Waals surface area contributed by atoms with Crippen molar-refractivity contribution in [2.75, 3.05) is 0 Å². The van der Waals surface area contributed by atoms with Gasteiger partial charge >= 0.3 is 0 Å². The van der Waals surface area contributed by atoms with Crippen molar-refractivity contribution in [3.05, 3.63) is 110 Å². The molecule has 0 unspecified atom stereocenters. The summed E-state index contributed by atoms with van der Waals surface area (Å²) in [7, 11) is 0. The first-order valence-electron chi connectivity index (χ1n) is 13.4. The maximum atomic E-state index is 3.46. The van der Waals surface area contributed by atoms with Crippen molar-refractivity contribution < 1.29 is 0 Å². The summed E-state index contributed by atoms with van der Waals surface area (Å²) < 4.78 is 0. The Hall–Kier alpha value is -5.28. The Kier molecular flexibility index (Phi) is 3.44. The molecule has 0 aliphatic heterocycles. The number of aromatic nitrogens is 3. The first kappa shape index (κ1) is 19.8. The zero-order valence-corrected chi connectivity index (χ0v) is 20.9. The van der Waals surface area contributed by atoms with Crippen LogP contribution in [0.15, 0.2) is 110 Å². The van der Waals surface area contributed by atoms with E-state index in [4.69, 9.17) is 0 Å². The highest BCUT2D eigenvalue weighted by Crippen LogP contribution is 2.51. The van der Waals surface area contributed by atoms with Gasteiger partial charge in [0.15, 0.2) is 0 Å². The molecule has 39 heavy (non-hydrogen) atoms. The van der Waals surface area contributed by atoms with Gasteiger partial charge in [0.1, 0.15) is 0 Å². The normalized spacial score (nSPS) is 12.6. The molecule has 10 aromatic rings. The first-order chi connectivity index (χ1) is 19.4. The van der Waals surface area contributed by atoms with E-state index in [9.17, 15) is 0 Å². The van der Waals surface area contributed by atoms with Gasteiger partial charge in [-0.05, 0) is 48.5 Å². The fraction of sp³-hybridized carbons (Fsp3) is 0. The number of hydrogen-bond donors (Lipinski definition) is 3. The van der Waals surface area contributed by atoms with Crippen molar-refractivity contribution in [2.24, 2.45) is 0 Å². The number of hydrogen-bond acceptors (Lipinski definition) is 0. The van der Waals surface area contributed by atoms with E-state index < -0.39 is 0 Å². The molecular weight excluding hydrogens is 474 g/mol. The summed E-state index contributed by atoms with van der Waals surface area (Å²) in [4.78, 5) is 10.4. The largest absolute Gasteiger partial charge is 0.366 e. The Balaban J connectivity index is 1.77. The minimum atomic E-state index is 1.27. The van der Waals surface area contributed by atoms with Crippen molar-refractivity contribution in [3.8, 4) is 0 Å². The molecule has 0 saturated heterocycles. The maximum absolute atomic E-state index is 3.46. The lowest BCUT2D eigenvalue weighted by Crippen LogP contribution is -1.91. The SMILES string of the molecule is c1ccc2c(c1)c1c[nH]cc1c1c2c2c3c[nH]cc3c3ccccc3c2c2c3c[nH]cc3c3ccccc3c12. The third-order valence-corrected chi connectivity index (χ3v) is 9.00. The molecule has 0 aliphatic rings. The molecule has 0 radical (unpaired) electrons. The lowest BCUT2D eigenvalue weighted by Gasteiger charge is -2.19. The molecule has 0 saturated carbocycles. The average Bonchev–Trinajstić information content (AvgIpc) is 3.77. The summed E-state index contributed by atoms with van der Waals surface area (Å²) in [6.07, 6.45) is 13.1. The second kappa shape index (κ2) is 6.77. The molecule has 7 aromatic carbocycles. The molecule has 3 heterocycles. The van der Waals surface area contributed by atoms with Gasteiger partial charge in [-0.3, -0.25) is 0 Å². The van der Waals surface area contributed by atoms with Crippen LogP contribution in [-0.4, -0.2) is 15.0 Å². The summed E-state index contributed by atoms with van der Waals surface area (Å²) in [5.41, 5.74) is 0. The zero-order valence-electron chi connectivity index (χ0n) is 20.9. The monoisotopic (exact) mass is 495 g/mol. The lowest BCUT2D eigenvalue weighted by molar-refractivity contribution is 1.43. The second-order valence-electron chi connectivity index (χ2n) is 10.7. The van der Waals surface area contributed by atoms with Crippen LogP contribution in [0, 0.1) is 0 Å². The summed E-state index contributed by atoms with van der Waals surface area (Å²) in [6, 6.07) is 26.7. The quantitative estimate of drug-likeness (QED) is 0.175. The zero-order chi connectivity index (χ0) is 25.2. The van der Waals surface area contributed by atoms with Crippen LogP contribution in [-0.2, 0) is 0 Å². The number of nitrogens with one attached hydrogen (secondary N) is 3. The Morgan fingerprint density at radius 3 is 0.769 bits per heavy atom. The minimum absolute atomic E-state index is 1.27. The number of aromatic amines is 3. The van der Waals surface area contributed by atoms with E-state index >= 15 is 0 Å². The van der Waals surface area contributed by atoms with Gasteiger partial charge in [0, 0.05) is 85.7 Å². The molecule has 10 rings (SSSR count). The fourth-order valence-corrected chi connectivity index (χ4v) is 7.55.